The summed E-state index contributed by atoms with van der Waals surface area (Å²) in [5.41, 5.74) is 4.16. The van der Waals surface area contributed by atoms with Crippen LogP contribution in [0.25, 0.3) is 0 Å². The molecule has 0 radical (unpaired) electrons. The Morgan fingerprint density at radius 1 is 0.963 bits per heavy atom. The molecule has 0 saturated carbocycles. The quantitative estimate of drug-likeness (QED) is 0.635. The number of carbonyl (C=O) groups is 2. The maximum Gasteiger partial charge on any atom is 0.228 e. The molecule has 0 spiro atoms. The highest BCUT2D eigenvalue weighted by Gasteiger charge is 2.06. The Morgan fingerprint density at radius 2 is 1.78 bits per heavy atom. The van der Waals surface area contributed by atoms with Crippen LogP contribution in [-0.2, 0) is 11.2 Å². The number of amides is 1. The van der Waals surface area contributed by atoms with Crippen LogP contribution >= 0.6 is 0 Å². The van der Waals surface area contributed by atoms with E-state index in [2.05, 4.69) is 15.6 Å². The van der Waals surface area contributed by atoms with Crippen molar-refractivity contribution in [1.82, 2.24) is 4.98 Å². The topological polar surface area (TPSA) is 71.1 Å². The van der Waals surface area contributed by atoms with Crippen LogP contribution in [0.4, 0.5) is 17.2 Å². The van der Waals surface area contributed by atoms with Gasteiger partial charge in [0.05, 0.1) is 18.3 Å². The van der Waals surface area contributed by atoms with Crippen LogP contribution in [-0.4, -0.2) is 16.7 Å². The third-order valence-corrected chi connectivity index (χ3v) is 4.04. The number of pyridine rings is 1. The largest absolute Gasteiger partial charge is 0.340 e. The molecule has 3 aromatic rings. The van der Waals surface area contributed by atoms with Gasteiger partial charge >= 0.3 is 0 Å². The van der Waals surface area contributed by atoms with Gasteiger partial charge in [-0.2, -0.15) is 0 Å². The molecule has 2 aromatic carbocycles. The highest BCUT2D eigenvalue weighted by molar-refractivity contribution is 5.95. The lowest BCUT2D eigenvalue weighted by molar-refractivity contribution is -0.115. The predicted molar refractivity (Wildman–Crippen MR) is 107 cm³/mol. The first-order valence-corrected chi connectivity index (χ1v) is 8.69. The summed E-state index contributed by atoms with van der Waals surface area (Å²) >= 11 is 0. The minimum Gasteiger partial charge on any atom is -0.340 e. The second-order valence-electron chi connectivity index (χ2n) is 6.41. The van der Waals surface area contributed by atoms with Gasteiger partial charge in [-0.25, -0.2) is 4.98 Å². The maximum absolute atomic E-state index is 12.2. The van der Waals surface area contributed by atoms with Crippen molar-refractivity contribution in [1.29, 1.82) is 0 Å². The molecule has 1 amide bonds. The summed E-state index contributed by atoms with van der Waals surface area (Å²) in [4.78, 5) is 28.0. The Balaban J connectivity index is 1.61. The Kier molecular flexibility index (Phi) is 5.61. The van der Waals surface area contributed by atoms with Crippen LogP contribution in [0.1, 0.15) is 28.4 Å². The molecule has 0 fully saturated rings. The van der Waals surface area contributed by atoms with E-state index in [9.17, 15) is 9.59 Å². The molecule has 5 nitrogen and oxygen atoms in total. The third-order valence-electron chi connectivity index (χ3n) is 4.04. The van der Waals surface area contributed by atoms with Gasteiger partial charge in [0, 0.05) is 11.3 Å². The average Bonchev–Trinajstić information content (AvgIpc) is 2.63. The van der Waals surface area contributed by atoms with E-state index in [0.29, 0.717) is 23.5 Å². The number of aryl methyl sites for hydroxylation is 1. The van der Waals surface area contributed by atoms with Gasteiger partial charge in [-0.15, -0.1) is 0 Å². The molecule has 136 valence electrons. The molecule has 0 aliphatic carbocycles. The van der Waals surface area contributed by atoms with Crippen molar-refractivity contribution in [3.05, 3.63) is 83.6 Å². The van der Waals surface area contributed by atoms with Gasteiger partial charge in [-0.05, 0) is 43.7 Å². The van der Waals surface area contributed by atoms with Gasteiger partial charge in [0.25, 0.3) is 0 Å². The number of carbonyl (C=O) groups excluding carboxylic acids is 2. The van der Waals surface area contributed by atoms with Crippen LogP contribution in [0.3, 0.4) is 0 Å². The molecule has 0 unspecified atom stereocenters. The zero-order valence-electron chi connectivity index (χ0n) is 15.3. The lowest BCUT2D eigenvalue weighted by atomic mass is 10.1. The molecule has 2 N–H and O–H groups in total. The maximum atomic E-state index is 12.2. The molecule has 0 aliphatic rings. The summed E-state index contributed by atoms with van der Waals surface area (Å²) in [7, 11) is 0. The predicted octanol–water partition coefficient (Wildman–Crippen LogP) is 4.52. The summed E-state index contributed by atoms with van der Waals surface area (Å²) in [6, 6.07) is 18.7. The molecule has 0 saturated heterocycles. The minimum absolute atomic E-state index is 0.0123. The lowest BCUT2D eigenvalue weighted by Crippen LogP contribution is -2.14. The van der Waals surface area contributed by atoms with E-state index in [1.165, 1.54) is 6.92 Å². The highest BCUT2D eigenvalue weighted by atomic mass is 16.1. The van der Waals surface area contributed by atoms with Crippen LogP contribution in [0.15, 0.2) is 66.9 Å². The van der Waals surface area contributed by atoms with Gasteiger partial charge in [0.1, 0.15) is 5.82 Å². The van der Waals surface area contributed by atoms with Crippen LogP contribution in [0, 0.1) is 6.92 Å². The SMILES string of the molecule is CC(=O)c1cccc(Nc2ccc(NC(=O)Cc3cccc(C)c3)cn2)c1. The normalized spacial score (nSPS) is 10.3. The standard InChI is InChI=1S/C22H21N3O2/c1-15-5-3-6-17(11-15)12-22(27)25-20-9-10-21(23-14-20)24-19-8-4-7-18(13-19)16(2)26/h3-11,13-14H,12H2,1-2H3,(H,23,24)(H,25,27). The molecule has 0 bridgehead atoms. The molecular weight excluding hydrogens is 338 g/mol. The van der Waals surface area contributed by atoms with Gasteiger partial charge in [0.15, 0.2) is 5.78 Å². The Hall–Kier alpha value is -3.47. The summed E-state index contributed by atoms with van der Waals surface area (Å²) in [5.74, 6) is 0.558. The van der Waals surface area contributed by atoms with Crippen LogP contribution < -0.4 is 10.6 Å². The van der Waals surface area contributed by atoms with E-state index in [1.54, 1.807) is 30.5 Å². The molecule has 1 aromatic heterocycles. The number of benzene rings is 2. The van der Waals surface area contributed by atoms with Gasteiger partial charge in [0.2, 0.25) is 5.91 Å². The summed E-state index contributed by atoms with van der Waals surface area (Å²) in [6.07, 6.45) is 1.92. The van der Waals surface area contributed by atoms with E-state index in [1.807, 2.05) is 43.3 Å². The molecule has 5 heteroatoms. The number of Topliss-reactive ketones (excluding diaryl/α,β-unsaturated/α-hetero) is 1. The molecule has 27 heavy (non-hydrogen) atoms. The van der Waals surface area contributed by atoms with Crippen molar-refractivity contribution >= 4 is 28.9 Å². The molecule has 3 rings (SSSR count). The van der Waals surface area contributed by atoms with Crippen molar-refractivity contribution in [2.45, 2.75) is 20.3 Å². The minimum atomic E-state index is -0.0859. The van der Waals surface area contributed by atoms with Crippen LogP contribution in [0.5, 0.6) is 0 Å². The molecule has 0 atom stereocenters. The van der Waals surface area contributed by atoms with Crippen molar-refractivity contribution < 1.29 is 9.59 Å². The first-order valence-electron chi connectivity index (χ1n) is 8.69. The summed E-state index contributed by atoms with van der Waals surface area (Å²) < 4.78 is 0. The monoisotopic (exact) mass is 359 g/mol. The van der Waals surface area contributed by atoms with E-state index in [-0.39, 0.29) is 11.7 Å². The number of hydrogen-bond acceptors (Lipinski definition) is 4. The first kappa shape index (κ1) is 18.3. The second-order valence-corrected chi connectivity index (χ2v) is 6.41. The second kappa shape index (κ2) is 8.27. The molecular formula is C22H21N3O2. The molecule has 0 aliphatic heterocycles. The van der Waals surface area contributed by atoms with E-state index >= 15 is 0 Å². The average molecular weight is 359 g/mol. The Morgan fingerprint density at radius 3 is 2.48 bits per heavy atom. The van der Waals surface area contributed by atoms with Crippen LogP contribution in [0.2, 0.25) is 0 Å². The van der Waals surface area contributed by atoms with Crippen molar-refractivity contribution in [3.8, 4) is 0 Å². The molecule has 1 heterocycles. The smallest absolute Gasteiger partial charge is 0.228 e. The fourth-order valence-electron chi connectivity index (χ4n) is 2.72. The van der Waals surface area contributed by atoms with Gasteiger partial charge in [-0.3, -0.25) is 9.59 Å². The van der Waals surface area contributed by atoms with Gasteiger partial charge in [-0.1, -0.05) is 42.0 Å². The fraction of sp³-hybridized carbons (Fsp3) is 0.136. The van der Waals surface area contributed by atoms with E-state index in [0.717, 1.165) is 16.8 Å². The number of nitrogens with zero attached hydrogens (tertiary/aromatic N) is 1. The van der Waals surface area contributed by atoms with Crippen molar-refractivity contribution in [2.24, 2.45) is 0 Å². The number of anilines is 3. The van der Waals surface area contributed by atoms with E-state index < -0.39 is 0 Å². The fourth-order valence-corrected chi connectivity index (χ4v) is 2.72. The van der Waals surface area contributed by atoms with E-state index in [4.69, 9.17) is 0 Å². The highest BCUT2D eigenvalue weighted by Crippen LogP contribution is 2.18. The number of nitrogens with one attached hydrogen (secondary N) is 2. The first-order chi connectivity index (χ1) is 13.0. The zero-order valence-corrected chi connectivity index (χ0v) is 15.3. The number of ketones is 1. The number of rotatable bonds is 6. The Bertz CT molecular complexity index is 965. The van der Waals surface area contributed by atoms with Gasteiger partial charge < -0.3 is 10.6 Å². The number of aromatic nitrogens is 1. The Labute approximate surface area is 158 Å². The summed E-state index contributed by atoms with van der Waals surface area (Å²) in [5, 5.41) is 6.00. The third kappa shape index (κ3) is 5.25. The summed E-state index contributed by atoms with van der Waals surface area (Å²) in [6.45, 7) is 3.54. The van der Waals surface area contributed by atoms with Crippen molar-refractivity contribution in [2.75, 3.05) is 10.6 Å². The number of hydrogen-bond donors (Lipinski definition) is 2. The lowest BCUT2D eigenvalue weighted by Gasteiger charge is -2.09. The van der Waals surface area contributed by atoms with Crippen molar-refractivity contribution in [3.63, 3.8) is 0 Å². The zero-order chi connectivity index (χ0) is 19.2.